The lowest BCUT2D eigenvalue weighted by molar-refractivity contribution is -0.173. The van der Waals surface area contributed by atoms with Crippen LogP contribution in [-0.2, 0) is 0 Å². The molecule has 2 atom stereocenters. The van der Waals surface area contributed by atoms with Gasteiger partial charge in [0.1, 0.15) is 11.4 Å². The van der Waals surface area contributed by atoms with Gasteiger partial charge in [-0.05, 0) is 24.1 Å². The molecule has 3 rings (SSSR count). The molecule has 1 amide bonds. The number of aromatic nitrogens is 2. The minimum absolute atomic E-state index is 0.0147. The molecule has 2 unspecified atom stereocenters. The number of methoxy groups -OCH3 is 3. The maximum absolute atomic E-state index is 13.9. The molecule has 1 aromatic heterocycles. The van der Waals surface area contributed by atoms with E-state index in [1.54, 1.807) is 12.1 Å². The van der Waals surface area contributed by atoms with Crippen LogP contribution < -0.4 is 24.8 Å². The molecule has 1 aromatic carbocycles. The van der Waals surface area contributed by atoms with Gasteiger partial charge in [0.15, 0.2) is 17.5 Å². The third-order valence-corrected chi connectivity index (χ3v) is 5.11. The number of nitrogens with zero attached hydrogens (tertiary/aromatic N) is 2. The Kier molecular flexibility index (Phi) is 6.51. The Bertz CT molecular complexity index is 920. The normalized spacial score (nSPS) is 18.0. The van der Waals surface area contributed by atoms with Gasteiger partial charge in [0.05, 0.1) is 33.6 Å². The monoisotopic (exact) mass is 442 g/mol. The first-order valence-corrected chi connectivity index (χ1v) is 9.73. The Balaban J connectivity index is 2.06. The van der Waals surface area contributed by atoms with Gasteiger partial charge in [0, 0.05) is 13.0 Å². The summed E-state index contributed by atoms with van der Waals surface area (Å²) >= 11 is 0. The number of nitrogens with one attached hydrogen (secondary N) is 2. The maximum atomic E-state index is 13.9. The van der Waals surface area contributed by atoms with Gasteiger partial charge in [-0.2, -0.15) is 18.3 Å². The molecule has 11 heteroatoms. The van der Waals surface area contributed by atoms with Crippen molar-refractivity contribution in [2.24, 2.45) is 0 Å². The van der Waals surface area contributed by atoms with Crippen LogP contribution in [0.25, 0.3) is 0 Å². The van der Waals surface area contributed by atoms with Crippen molar-refractivity contribution in [2.45, 2.75) is 38.0 Å². The van der Waals surface area contributed by atoms with E-state index in [1.165, 1.54) is 21.3 Å². The predicted octanol–water partition coefficient (Wildman–Crippen LogP) is 3.71. The fourth-order valence-electron chi connectivity index (χ4n) is 3.58. The smallest absolute Gasteiger partial charge is 0.410 e. The average Bonchev–Trinajstić information content (AvgIpc) is 3.18. The molecule has 1 aliphatic rings. The first-order valence-electron chi connectivity index (χ1n) is 9.73. The Hall–Kier alpha value is -3.11. The van der Waals surface area contributed by atoms with E-state index in [0.717, 1.165) is 10.9 Å². The topological polar surface area (TPSA) is 86.6 Å². The summed E-state index contributed by atoms with van der Waals surface area (Å²) in [6.45, 7) is 2.29. The highest BCUT2D eigenvalue weighted by atomic mass is 19.4. The van der Waals surface area contributed by atoms with Crippen molar-refractivity contribution in [3.05, 3.63) is 29.5 Å². The number of ether oxygens (including phenoxy) is 3. The number of halogens is 3. The molecular formula is C20H25F3N4O4. The molecule has 1 aliphatic heterocycles. The quantitative estimate of drug-likeness (QED) is 0.680. The SMILES string of the molecule is CCCNC(=O)c1cnn2c1NC(c1cc(OC)c(OC)c(OC)c1)CC2C(F)(F)F. The van der Waals surface area contributed by atoms with Gasteiger partial charge in [-0.3, -0.25) is 4.79 Å². The molecule has 0 spiro atoms. The summed E-state index contributed by atoms with van der Waals surface area (Å²) in [7, 11) is 4.30. The molecular weight excluding hydrogens is 417 g/mol. The minimum Gasteiger partial charge on any atom is -0.493 e. The number of rotatable bonds is 7. The van der Waals surface area contributed by atoms with Crippen molar-refractivity contribution in [1.29, 1.82) is 0 Å². The highest BCUT2D eigenvalue weighted by Gasteiger charge is 2.47. The van der Waals surface area contributed by atoms with Crippen LogP contribution in [-0.4, -0.2) is 49.7 Å². The largest absolute Gasteiger partial charge is 0.493 e. The lowest BCUT2D eigenvalue weighted by Gasteiger charge is -2.34. The molecule has 0 radical (unpaired) electrons. The summed E-state index contributed by atoms with van der Waals surface area (Å²) in [5.74, 6) is 0.508. The molecule has 2 N–H and O–H groups in total. The molecule has 8 nitrogen and oxygen atoms in total. The number of amides is 1. The van der Waals surface area contributed by atoms with E-state index in [0.29, 0.717) is 35.8 Å². The zero-order valence-electron chi connectivity index (χ0n) is 17.7. The average molecular weight is 442 g/mol. The first kappa shape index (κ1) is 22.6. The first-order chi connectivity index (χ1) is 14.7. The second kappa shape index (κ2) is 8.94. The van der Waals surface area contributed by atoms with Gasteiger partial charge in [0.2, 0.25) is 5.75 Å². The van der Waals surface area contributed by atoms with Crippen molar-refractivity contribution in [3.8, 4) is 17.2 Å². The van der Waals surface area contributed by atoms with E-state index >= 15 is 0 Å². The summed E-state index contributed by atoms with van der Waals surface area (Å²) in [5, 5.41) is 9.58. The molecule has 0 bridgehead atoms. The zero-order chi connectivity index (χ0) is 22.8. The van der Waals surface area contributed by atoms with Crippen LogP contribution in [0.1, 0.15) is 47.8 Å². The summed E-state index contributed by atoms with van der Waals surface area (Å²) < 4.78 is 58.4. The Morgan fingerprint density at radius 1 is 1.23 bits per heavy atom. The number of carbonyl (C=O) groups is 1. The van der Waals surface area contributed by atoms with Crippen LogP contribution in [0.2, 0.25) is 0 Å². The number of anilines is 1. The highest BCUT2D eigenvalue weighted by molar-refractivity contribution is 5.98. The lowest BCUT2D eigenvalue weighted by Crippen LogP contribution is -2.36. The molecule has 0 saturated carbocycles. The van der Waals surface area contributed by atoms with Gasteiger partial charge in [-0.15, -0.1) is 0 Å². The zero-order valence-corrected chi connectivity index (χ0v) is 17.7. The Morgan fingerprint density at radius 3 is 2.39 bits per heavy atom. The van der Waals surface area contributed by atoms with E-state index in [4.69, 9.17) is 14.2 Å². The van der Waals surface area contributed by atoms with Crippen LogP contribution in [0.15, 0.2) is 18.3 Å². The molecule has 170 valence electrons. The Labute approximate surface area is 177 Å². The number of benzene rings is 1. The highest BCUT2D eigenvalue weighted by Crippen LogP contribution is 2.47. The van der Waals surface area contributed by atoms with Gasteiger partial charge in [-0.1, -0.05) is 6.92 Å². The molecule has 2 heterocycles. The molecule has 0 aliphatic carbocycles. The van der Waals surface area contributed by atoms with E-state index in [2.05, 4.69) is 15.7 Å². The molecule has 31 heavy (non-hydrogen) atoms. The number of hydrogen-bond donors (Lipinski definition) is 2. The van der Waals surface area contributed by atoms with Crippen LogP contribution in [0, 0.1) is 0 Å². The van der Waals surface area contributed by atoms with Gasteiger partial charge in [0.25, 0.3) is 5.91 Å². The fourth-order valence-corrected chi connectivity index (χ4v) is 3.58. The molecule has 0 fully saturated rings. The van der Waals surface area contributed by atoms with Crippen molar-refractivity contribution < 1.29 is 32.2 Å². The standard InChI is InChI=1S/C20H25F3N4O4/c1-5-6-24-19(28)12-10-25-27-16(20(21,22)23)9-13(26-18(12)27)11-7-14(29-2)17(31-4)15(8-11)30-3/h7-8,10,13,16,26H,5-6,9H2,1-4H3,(H,24,28). The molecule has 2 aromatic rings. The van der Waals surface area contributed by atoms with Crippen LogP contribution in [0.3, 0.4) is 0 Å². The lowest BCUT2D eigenvalue weighted by atomic mass is 9.95. The number of alkyl halides is 3. The van der Waals surface area contributed by atoms with Crippen LogP contribution in [0.4, 0.5) is 19.0 Å². The minimum atomic E-state index is -4.56. The summed E-state index contributed by atoms with van der Waals surface area (Å²) in [6, 6.07) is 0.507. The second-order valence-corrected chi connectivity index (χ2v) is 7.06. The van der Waals surface area contributed by atoms with Crippen molar-refractivity contribution in [2.75, 3.05) is 33.2 Å². The van der Waals surface area contributed by atoms with Crippen molar-refractivity contribution >= 4 is 11.7 Å². The van der Waals surface area contributed by atoms with Crippen LogP contribution in [0.5, 0.6) is 17.2 Å². The summed E-state index contributed by atoms with van der Waals surface area (Å²) in [4.78, 5) is 12.5. The third kappa shape index (κ3) is 4.35. The van der Waals surface area contributed by atoms with Gasteiger partial charge >= 0.3 is 6.18 Å². The predicted molar refractivity (Wildman–Crippen MR) is 107 cm³/mol. The van der Waals surface area contributed by atoms with Gasteiger partial charge < -0.3 is 24.8 Å². The maximum Gasteiger partial charge on any atom is 0.410 e. The van der Waals surface area contributed by atoms with E-state index < -0.39 is 24.2 Å². The number of fused-ring (bicyclic) bond motifs is 1. The fraction of sp³-hybridized carbons (Fsp3) is 0.500. The summed E-state index contributed by atoms with van der Waals surface area (Å²) in [6.07, 6.45) is -3.03. The third-order valence-electron chi connectivity index (χ3n) is 5.11. The van der Waals surface area contributed by atoms with Crippen LogP contribution >= 0.6 is 0 Å². The van der Waals surface area contributed by atoms with Gasteiger partial charge in [-0.25, -0.2) is 4.68 Å². The van der Waals surface area contributed by atoms with E-state index in [1.807, 2.05) is 6.92 Å². The second-order valence-electron chi connectivity index (χ2n) is 7.06. The van der Waals surface area contributed by atoms with E-state index in [-0.39, 0.29) is 17.8 Å². The van der Waals surface area contributed by atoms with Crippen molar-refractivity contribution in [3.63, 3.8) is 0 Å². The summed E-state index contributed by atoms with van der Waals surface area (Å²) in [5.41, 5.74) is 0.552. The Morgan fingerprint density at radius 2 is 1.87 bits per heavy atom. The number of carbonyl (C=O) groups excluding carboxylic acids is 1. The molecule has 0 saturated heterocycles. The van der Waals surface area contributed by atoms with Crippen molar-refractivity contribution in [1.82, 2.24) is 15.1 Å². The number of hydrogen-bond acceptors (Lipinski definition) is 6. The van der Waals surface area contributed by atoms with E-state index in [9.17, 15) is 18.0 Å².